The van der Waals surface area contributed by atoms with E-state index in [2.05, 4.69) is 33.1 Å². The molecule has 1 aliphatic carbocycles. The number of nitrogens with one attached hydrogen (secondary N) is 1. The van der Waals surface area contributed by atoms with E-state index in [9.17, 15) is 0 Å². The molecule has 0 bridgehead atoms. The van der Waals surface area contributed by atoms with Crippen LogP contribution in [0.15, 0.2) is 0 Å². The van der Waals surface area contributed by atoms with Gasteiger partial charge in [-0.2, -0.15) is 0 Å². The maximum absolute atomic E-state index is 3.40. The predicted molar refractivity (Wildman–Crippen MR) is 54.2 cm³/mol. The van der Waals surface area contributed by atoms with Crippen LogP contribution in [-0.4, -0.2) is 13.1 Å². The molecule has 1 nitrogen and oxygen atoms in total. The maximum atomic E-state index is 3.40. The molecule has 0 heterocycles. The number of hydrogen-bond acceptors (Lipinski definition) is 1. The van der Waals surface area contributed by atoms with Gasteiger partial charge in [0.05, 0.1) is 0 Å². The van der Waals surface area contributed by atoms with Crippen LogP contribution in [0.2, 0.25) is 0 Å². The van der Waals surface area contributed by atoms with Crippen LogP contribution >= 0.6 is 0 Å². The first-order valence-corrected chi connectivity index (χ1v) is 5.34. The van der Waals surface area contributed by atoms with E-state index in [1.807, 2.05) is 0 Å². The first-order chi connectivity index (χ1) is 5.66. The highest BCUT2D eigenvalue weighted by Crippen LogP contribution is 2.36. The van der Waals surface area contributed by atoms with Crippen molar-refractivity contribution >= 4 is 0 Å². The molecular weight excluding hydrogens is 146 g/mol. The first kappa shape index (κ1) is 10.0. The zero-order valence-corrected chi connectivity index (χ0v) is 8.93. The Labute approximate surface area is 76.9 Å². The molecule has 1 rings (SSSR count). The molecule has 3 unspecified atom stereocenters. The van der Waals surface area contributed by atoms with Gasteiger partial charge in [-0.25, -0.2) is 0 Å². The van der Waals surface area contributed by atoms with Crippen LogP contribution in [-0.2, 0) is 0 Å². The summed E-state index contributed by atoms with van der Waals surface area (Å²) in [6.45, 7) is 7.14. The average molecular weight is 169 g/mol. The van der Waals surface area contributed by atoms with Crippen molar-refractivity contribution in [3.05, 3.63) is 0 Å². The molecule has 0 aromatic rings. The fourth-order valence-corrected chi connectivity index (χ4v) is 2.89. The van der Waals surface area contributed by atoms with Gasteiger partial charge < -0.3 is 5.32 Å². The summed E-state index contributed by atoms with van der Waals surface area (Å²) in [6, 6.07) is 0.690. The summed E-state index contributed by atoms with van der Waals surface area (Å²) in [5, 5.41) is 3.40. The van der Waals surface area contributed by atoms with E-state index < -0.39 is 0 Å². The van der Waals surface area contributed by atoms with Crippen molar-refractivity contribution in [3.63, 3.8) is 0 Å². The third-order valence-electron chi connectivity index (χ3n) is 3.67. The Morgan fingerprint density at radius 1 is 1.17 bits per heavy atom. The van der Waals surface area contributed by atoms with Gasteiger partial charge >= 0.3 is 0 Å². The second-order valence-corrected chi connectivity index (χ2v) is 4.54. The second kappa shape index (κ2) is 4.27. The third kappa shape index (κ3) is 2.01. The van der Waals surface area contributed by atoms with E-state index >= 15 is 0 Å². The predicted octanol–water partition coefficient (Wildman–Crippen LogP) is 2.67. The number of rotatable bonds is 2. The van der Waals surface area contributed by atoms with Gasteiger partial charge in [-0.3, -0.25) is 0 Å². The Bertz CT molecular complexity index is 117. The molecule has 1 fully saturated rings. The van der Waals surface area contributed by atoms with Crippen molar-refractivity contribution < 1.29 is 0 Å². The normalized spacial score (nSPS) is 39.5. The zero-order valence-electron chi connectivity index (χ0n) is 8.93. The lowest BCUT2D eigenvalue weighted by atomic mass is 9.70. The summed E-state index contributed by atoms with van der Waals surface area (Å²) in [7, 11) is 2.08. The van der Waals surface area contributed by atoms with Crippen LogP contribution in [0, 0.1) is 17.8 Å². The summed E-state index contributed by atoms with van der Waals surface area (Å²) >= 11 is 0. The Kier molecular flexibility index (Phi) is 3.57. The monoisotopic (exact) mass is 169 g/mol. The van der Waals surface area contributed by atoms with E-state index in [0.717, 1.165) is 17.8 Å². The topological polar surface area (TPSA) is 12.0 Å². The average Bonchev–Trinajstić information content (AvgIpc) is 2.03. The molecule has 0 amide bonds. The van der Waals surface area contributed by atoms with Gasteiger partial charge in [0.1, 0.15) is 0 Å². The molecule has 1 N–H and O–H groups in total. The molecule has 0 spiro atoms. The molecule has 0 aromatic heterocycles. The van der Waals surface area contributed by atoms with Crippen LogP contribution in [0.4, 0.5) is 0 Å². The fourth-order valence-electron chi connectivity index (χ4n) is 2.89. The van der Waals surface area contributed by atoms with E-state index in [-0.39, 0.29) is 0 Å². The minimum absolute atomic E-state index is 0.690. The van der Waals surface area contributed by atoms with Crippen molar-refractivity contribution in [2.45, 2.75) is 46.1 Å². The van der Waals surface area contributed by atoms with E-state index in [4.69, 9.17) is 0 Å². The highest BCUT2D eigenvalue weighted by molar-refractivity contribution is 4.83. The molecular formula is C11H23N. The molecule has 1 saturated carbocycles. The van der Waals surface area contributed by atoms with Gasteiger partial charge in [-0.05, 0) is 31.7 Å². The minimum Gasteiger partial charge on any atom is -0.317 e. The lowest BCUT2D eigenvalue weighted by molar-refractivity contribution is 0.142. The summed E-state index contributed by atoms with van der Waals surface area (Å²) < 4.78 is 0. The molecule has 0 saturated heterocycles. The van der Waals surface area contributed by atoms with E-state index in [1.54, 1.807) is 0 Å². The SMILES string of the molecule is CNC(C)C1C(C)CCCC1C. The lowest BCUT2D eigenvalue weighted by Crippen LogP contribution is -2.40. The van der Waals surface area contributed by atoms with Crippen molar-refractivity contribution in [2.75, 3.05) is 7.05 Å². The van der Waals surface area contributed by atoms with E-state index in [1.165, 1.54) is 19.3 Å². The standard InChI is InChI=1S/C11H23N/c1-8-6-5-7-9(2)11(8)10(3)12-4/h8-12H,5-7H2,1-4H3. The van der Waals surface area contributed by atoms with Gasteiger partial charge in [0.15, 0.2) is 0 Å². The summed E-state index contributed by atoms with van der Waals surface area (Å²) in [4.78, 5) is 0. The minimum atomic E-state index is 0.690. The van der Waals surface area contributed by atoms with Gasteiger partial charge in [0, 0.05) is 6.04 Å². The quantitative estimate of drug-likeness (QED) is 0.670. The Morgan fingerprint density at radius 2 is 1.67 bits per heavy atom. The van der Waals surface area contributed by atoms with Gasteiger partial charge in [-0.15, -0.1) is 0 Å². The first-order valence-electron chi connectivity index (χ1n) is 5.34. The third-order valence-corrected chi connectivity index (χ3v) is 3.67. The molecule has 72 valence electrons. The Balaban J connectivity index is 2.56. The van der Waals surface area contributed by atoms with Gasteiger partial charge in [0.2, 0.25) is 0 Å². The van der Waals surface area contributed by atoms with Crippen molar-refractivity contribution in [2.24, 2.45) is 17.8 Å². The Morgan fingerprint density at radius 3 is 2.08 bits per heavy atom. The highest BCUT2D eigenvalue weighted by Gasteiger charge is 2.30. The molecule has 12 heavy (non-hydrogen) atoms. The van der Waals surface area contributed by atoms with E-state index in [0.29, 0.717) is 6.04 Å². The molecule has 0 radical (unpaired) electrons. The second-order valence-electron chi connectivity index (χ2n) is 4.54. The van der Waals surface area contributed by atoms with Gasteiger partial charge in [0.25, 0.3) is 0 Å². The van der Waals surface area contributed by atoms with Crippen LogP contribution < -0.4 is 5.32 Å². The molecule has 3 atom stereocenters. The molecule has 1 aliphatic rings. The summed E-state index contributed by atoms with van der Waals surface area (Å²) in [5.41, 5.74) is 0. The largest absolute Gasteiger partial charge is 0.317 e. The van der Waals surface area contributed by atoms with Crippen molar-refractivity contribution in [3.8, 4) is 0 Å². The highest BCUT2D eigenvalue weighted by atomic mass is 14.9. The van der Waals surface area contributed by atoms with Crippen molar-refractivity contribution in [1.82, 2.24) is 5.32 Å². The van der Waals surface area contributed by atoms with Crippen LogP contribution in [0.3, 0.4) is 0 Å². The van der Waals surface area contributed by atoms with Crippen LogP contribution in [0.25, 0.3) is 0 Å². The van der Waals surface area contributed by atoms with Crippen LogP contribution in [0.1, 0.15) is 40.0 Å². The molecule has 0 aliphatic heterocycles. The van der Waals surface area contributed by atoms with Gasteiger partial charge in [-0.1, -0.05) is 33.1 Å². The molecule has 1 heteroatoms. The summed E-state index contributed by atoms with van der Waals surface area (Å²) in [5.74, 6) is 2.72. The zero-order chi connectivity index (χ0) is 9.14. The number of hydrogen-bond donors (Lipinski definition) is 1. The van der Waals surface area contributed by atoms with Crippen LogP contribution in [0.5, 0.6) is 0 Å². The maximum Gasteiger partial charge on any atom is 0.00690 e. The smallest absolute Gasteiger partial charge is 0.00690 e. The Hall–Kier alpha value is -0.0400. The van der Waals surface area contributed by atoms with Crippen molar-refractivity contribution in [1.29, 1.82) is 0 Å². The summed E-state index contributed by atoms with van der Waals surface area (Å²) in [6.07, 6.45) is 4.30. The molecule has 0 aromatic carbocycles. The lowest BCUT2D eigenvalue weighted by Gasteiger charge is -2.38. The fraction of sp³-hybridized carbons (Fsp3) is 1.00.